The van der Waals surface area contributed by atoms with Crippen molar-refractivity contribution in [3.05, 3.63) is 36.2 Å². The normalized spacial score (nSPS) is 15.1. The molecule has 2 aromatic rings. The van der Waals surface area contributed by atoms with Gasteiger partial charge in [-0.2, -0.15) is 0 Å². The van der Waals surface area contributed by atoms with Crippen molar-refractivity contribution in [3.8, 4) is 5.69 Å². The third kappa shape index (κ3) is 3.56. The van der Waals surface area contributed by atoms with Crippen molar-refractivity contribution in [1.29, 1.82) is 0 Å². The van der Waals surface area contributed by atoms with Gasteiger partial charge in [0.2, 0.25) is 0 Å². The van der Waals surface area contributed by atoms with Crippen LogP contribution in [-0.4, -0.2) is 38.7 Å². The van der Waals surface area contributed by atoms with E-state index in [9.17, 15) is 4.79 Å². The van der Waals surface area contributed by atoms with Gasteiger partial charge in [-0.25, -0.2) is 4.68 Å². The number of amides is 1. The van der Waals surface area contributed by atoms with E-state index in [0.29, 0.717) is 18.0 Å². The standard InChI is InChI=1S/C13H16N6O.ClH/c14-7-12(9-1-2-9)16-13(20)10-3-5-11(6-4-10)19-8-15-17-18-19;/h3-6,8-9,12H,1-2,7,14H2,(H,16,20);1H. The molecule has 1 atom stereocenters. The molecule has 8 heteroatoms. The molecule has 21 heavy (non-hydrogen) atoms. The van der Waals surface area contributed by atoms with Crippen LogP contribution in [0.15, 0.2) is 30.6 Å². The van der Waals surface area contributed by atoms with Gasteiger partial charge in [-0.3, -0.25) is 4.79 Å². The van der Waals surface area contributed by atoms with Gasteiger partial charge in [0, 0.05) is 18.2 Å². The quantitative estimate of drug-likeness (QED) is 0.840. The number of carbonyl (C=O) groups excluding carboxylic acids is 1. The Balaban J connectivity index is 0.00000161. The second-order valence-corrected chi connectivity index (χ2v) is 4.95. The van der Waals surface area contributed by atoms with E-state index in [2.05, 4.69) is 20.8 Å². The Morgan fingerprint density at radius 3 is 2.62 bits per heavy atom. The molecule has 7 nitrogen and oxygen atoms in total. The molecule has 1 aliphatic rings. The summed E-state index contributed by atoms with van der Waals surface area (Å²) in [6, 6.07) is 7.21. The monoisotopic (exact) mass is 308 g/mol. The zero-order valence-corrected chi connectivity index (χ0v) is 12.2. The van der Waals surface area contributed by atoms with E-state index in [-0.39, 0.29) is 24.4 Å². The Morgan fingerprint density at radius 2 is 2.10 bits per heavy atom. The van der Waals surface area contributed by atoms with E-state index < -0.39 is 0 Å². The number of nitrogens with one attached hydrogen (secondary N) is 1. The third-order valence-electron chi connectivity index (χ3n) is 3.50. The van der Waals surface area contributed by atoms with Crippen molar-refractivity contribution in [2.75, 3.05) is 6.54 Å². The summed E-state index contributed by atoms with van der Waals surface area (Å²) in [4.78, 5) is 12.1. The lowest BCUT2D eigenvalue weighted by Gasteiger charge is -2.16. The van der Waals surface area contributed by atoms with Gasteiger partial charge in [0.1, 0.15) is 6.33 Å². The average molecular weight is 309 g/mol. The lowest BCUT2D eigenvalue weighted by molar-refractivity contribution is 0.0933. The molecule has 112 valence electrons. The largest absolute Gasteiger partial charge is 0.348 e. The van der Waals surface area contributed by atoms with E-state index in [1.807, 2.05) is 0 Å². The maximum Gasteiger partial charge on any atom is 0.251 e. The molecule has 3 rings (SSSR count). The smallest absolute Gasteiger partial charge is 0.251 e. The van der Waals surface area contributed by atoms with Crippen molar-refractivity contribution in [2.24, 2.45) is 11.7 Å². The highest BCUT2D eigenvalue weighted by molar-refractivity contribution is 5.94. The summed E-state index contributed by atoms with van der Waals surface area (Å²) in [7, 11) is 0. The molecule has 0 spiro atoms. The predicted octanol–water partition coefficient (Wildman–Crippen LogP) is 0.551. The first-order valence-electron chi connectivity index (χ1n) is 6.62. The van der Waals surface area contributed by atoms with E-state index in [4.69, 9.17) is 5.73 Å². The number of hydrogen-bond acceptors (Lipinski definition) is 5. The molecule has 0 radical (unpaired) electrons. The van der Waals surface area contributed by atoms with Crippen LogP contribution in [0.3, 0.4) is 0 Å². The number of halogens is 1. The van der Waals surface area contributed by atoms with Crippen LogP contribution in [0.5, 0.6) is 0 Å². The predicted molar refractivity (Wildman–Crippen MR) is 79.4 cm³/mol. The second kappa shape index (κ2) is 6.64. The summed E-state index contributed by atoms with van der Waals surface area (Å²) in [5, 5.41) is 13.9. The highest BCUT2D eigenvalue weighted by Gasteiger charge is 2.31. The molecule has 1 amide bonds. The van der Waals surface area contributed by atoms with Crippen molar-refractivity contribution >= 4 is 18.3 Å². The molecule has 1 aliphatic carbocycles. The highest BCUT2D eigenvalue weighted by Crippen LogP contribution is 2.32. The molecule has 0 saturated heterocycles. The summed E-state index contributed by atoms with van der Waals surface area (Å²) in [6.07, 6.45) is 3.81. The summed E-state index contributed by atoms with van der Waals surface area (Å²) in [5.74, 6) is 0.458. The first kappa shape index (κ1) is 15.4. The zero-order chi connectivity index (χ0) is 13.9. The van der Waals surface area contributed by atoms with Gasteiger partial charge in [0.05, 0.1) is 5.69 Å². The van der Waals surface area contributed by atoms with Gasteiger partial charge in [0.15, 0.2) is 0 Å². The second-order valence-electron chi connectivity index (χ2n) is 4.95. The number of carbonyl (C=O) groups is 1. The Kier molecular flexibility index (Phi) is 4.87. The summed E-state index contributed by atoms with van der Waals surface area (Å²) in [6.45, 7) is 0.485. The first-order valence-corrected chi connectivity index (χ1v) is 6.62. The lowest BCUT2D eigenvalue weighted by Crippen LogP contribution is -2.41. The number of aromatic nitrogens is 4. The Hall–Kier alpha value is -1.99. The maximum atomic E-state index is 12.1. The van der Waals surface area contributed by atoms with Gasteiger partial charge in [0.25, 0.3) is 5.91 Å². The van der Waals surface area contributed by atoms with Crippen molar-refractivity contribution in [1.82, 2.24) is 25.5 Å². The minimum atomic E-state index is -0.0874. The molecular formula is C13H17ClN6O. The van der Waals surface area contributed by atoms with Gasteiger partial charge in [-0.05, 0) is 53.5 Å². The fraction of sp³-hybridized carbons (Fsp3) is 0.385. The zero-order valence-electron chi connectivity index (χ0n) is 11.3. The molecule has 1 aromatic heterocycles. The van der Waals surface area contributed by atoms with Gasteiger partial charge >= 0.3 is 0 Å². The fourth-order valence-electron chi connectivity index (χ4n) is 2.16. The number of nitrogens with two attached hydrogens (primary N) is 1. The summed E-state index contributed by atoms with van der Waals surface area (Å²) < 4.78 is 1.54. The van der Waals surface area contributed by atoms with Crippen LogP contribution >= 0.6 is 12.4 Å². The Morgan fingerprint density at radius 1 is 1.38 bits per heavy atom. The minimum absolute atomic E-state index is 0. The van der Waals surface area contributed by atoms with E-state index >= 15 is 0 Å². The van der Waals surface area contributed by atoms with Crippen LogP contribution in [0.4, 0.5) is 0 Å². The lowest BCUT2D eigenvalue weighted by atomic mass is 10.1. The SMILES string of the molecule is Cl.NCC(NC(=O)c1ccc(-n2cnnn2)cc1)C1CC1. The van der Waals surface area contributed by atoms with Crippen LogP contribution in [0.25, 0.3) is 5.69 Å². The van der Waals surface area contributed by atoms with Crippen molar-refractivity contribution in [2.45, 2.75) is 18.9 Å². The summed E-state index contributed by atoms with van der Waals surface area (Å²) in [5.41, 5.74) is 7.11. The number of rotatable bonds is 5. The number of benzene rings is 1. The topological polar surface area (TPSA) is 98.7 Å². The van der Waals surface area contributed by atoms with Crippen molar-refractivity contribution < 1.29 is 4.79 Å². The van der Waals surface area contributed by atoms with Crippen LogP contribution in [0.2, 0.25) is 0 Å². The molecule has 1 aromatic carbocycles. The van der Waals surface area contributed by atoms with E-state index in [0.717, 1.165) is 18.5 Å². The molecule has 1 saturated carbocycles. The van der Waals surface area contributed by atoms with Crippen LogP contribution in [0, 0.1) is 5.92 Å². The van der Waals surface area contributed by atoms with E-state index in [1.165, 1.54) is 11.0 Å². The number of hydrogen-bond donors (Lipinski definition) is 2. The maximum absolute atomic E-state index is 12.1. The molecule has 3 N–H and O–H groups in total. The first-order chi connectivity index (χ1) is 9.78. The molecule has 1 fully saturated rings. The molecule has 0 bridgehead atoms. The van der Waals surface area contributed by atoms with Gasteiger partial charge < -0.3 is 11.1 Å². The van der Waals surface area contributed by atoms with Crippen LogP contribution in [0.1, 0.15) is 23.2 Å². The summed E-state index contributed by atoms with van der Waals surface area (Å²) >= 11 is 0. The van der Waals surface area contributed by atoms with E-state index in [1.54, 1.807) is 24.3 Å². The van der Waals surface area contributed by atoms with Gasteiger partial charge in [-0.15, -0.1) is 17.5 Å². The third-order valence-corrected chi connectivity index (χ3v) is 3.50. The Bertz CT molecular complexity index is 581. The molecule has 1 unspecified atom stereocenters. The fourth-order valence-corrected chi connectivity index (χ4v) is 2.16. The van der Waals surface area contributed by atoms with Crippen LogP contribution in [-0.2, 0) is 0 Å². The minimum Gasteiger partial charge on any atom is -0.348 e. The van der Waals surface area contributed by atoms with Gasteiger partial charge in [-0.1, -0.05) is 0 Å². The number of nitrogens with zero attached hydrogens (tertiary/aromatic N) is 4. The molecule has 1 heterocycles. The Labute approximate surface area is 128 Å². The highest BCUT2D eigenvalue weighted by atomic mass is 35.5. The number of tetrazole rings is 1. The average Bonchev–Trinajstić information content (AvgIpc) is 3.18. The molecular weight excluding hydrogens is 292 g/mol. The van der Waals surface area contributed by atoms with Crippen LogP contribution < -0.4 is 11.1 Å². The van der Waals surface area contributed by atoms with Crippen molar-refractivity contribution in [3.63, 3.8) is 0 Å². The molecule has 0 aliphatic heterocycles.